The van der Waals surface area contributed by atoms with Gasteiger partial charge in [-0.15, -0.1) is 11.3 Å². The van der Waals surface area contributed by atoms with Crippen LogP contribution in [0.1, 0.15) is 16.9 Å². The van der Waals surface area contributed by atoms with Gasteiger partial charge in [0.1, 0.15) is 10.7 Å². The van der Waals surface area contributed by atoms with Crippen molar-refractivity contribution >= 4 is 17.2 Å². The number of hydrogen-bond acceptors (Lipinski definition) is 6. The summed E-state index contributed by atoms with van der Waals surface area (Å²) < 4.78 is 10.7. The number of benzene rings is 1. The highest BCUT2D eigenvalue weighted by Gasteiger charge is 2.21. The fourth-order valence-electron chi connectivity index (χ4n) is 2.74. The maximum Gasteiger partial charge on any atom is 0.273 e. The molecule has 3 heterocycles. The number of nitrogens with zero attached hydrogens (tertiary/aromatic N) is 2. The molecule has 1 amide bonds. The van der Waals surface area contributed by atoms with Crippen LogP contribution < -0.4 is 14.8 Å². The van der Waals surface area contributed by atoms with Gasteiger partial charge >= 0.3 is 0 Å². The highest BCUT2D eigenvalue weighted by Crippen LogP contribution is 2.36. The van der Waals surface area contributed by atoms with Crippen molar-refractivity contribution in [3.05, 3.63) is 29.3 Å². The Morgan fingerprint density at radius 1 is 1.22 bits per heavy atom. The van der Waals surface area contributed by atoms with Crippen LogP contribution in [0.25, 0.3) is 10.6 Å². The molecule has 1 aromatic carbocycles. The van der Waals surface area contributed by atoms with Crippen LogP contribution in [0.3, 0.4) is 0 Å². The first kappa shape index (κ1) is 14.5. The number of carbonyl (C=O) groups excluding carboxylic acids is 1. The molecule has 4 rings (SSSR count). The van der Waals surface area contributed by atoms with Gasteiger partial charge < -0.3 is 19.7 Å². The first-order chi connectivity index (χ1) is 11.3. The summed E-state index contributed by atoms with van der Waals surface area (Å²) in [7, 11) is 0. The van der Waals surface area contributed by atoms with E-state index in [0.29, 0.717) is 5.69 Å². The van der Waals surface area contributed by atoms with Crippen LogP contribution in [-0.2, 0) is 0 Å². The number of aromatic nitrogens is 1. The van der Waals surface area contributed by atoms with Gasteiger partial charge in [-0.2, -0.15) is 0 Å². The highest BCUT2D eigenvalue weighted by molar-refractivity contribution is 7.13. The minimum Gasteiger partial charge on any atom is -0.454 e. The van der Waals surface area contributed by atoms with Gasteiger partial charge in [-0.05, 0) is 31.2 Å². The Morgan fingerprint density at radius 2 is 2.13 bits per heavy atom. The smallest absolute Gasteiger partial charge is 0.273 e. The van der Waals surface area contributed by atoms with Crippen LogP contribution in [0, 0.1) is 0 Å². The van der Waals surface area contributed by atoms with Crippen LogP contribution in [-0.4, -0.2) is 48.8 Å². The van der Waals surface area contributed by atoms with Gasteiger partial charge in [0.15, 0.2) is 11.5 Å². The van der Waals surface area contributed by atoms with Crippen molar-refractivity contribution in [1.82, 2.24) is 15.2 Å². The maximum absolute atomic E-state index is 12.6. The average molecular weight is 331 g/mol. The number of fused-ring (bicyclic) bond motifs is 1. The van der Waals surface area contributed by atoms with Crippen LogP contribution in [0.4, 0.5) is 0 Å². The Bertz CT molecular complexity index is 723. The van der Waals surface area contributed by atoms with Crippen molar-refractivity contribution in [3.8, 4) is 22.1 Å². The molecule has 23 heavy (non-hydrogen) atoms. The van der Waals surface area contributed by atoms with Crippen molar-refractivity contribution in [1.29, 1.82) is 0 Å². The lowest BCUT2D eigenvalue weighted by Crippen LogP contribution is -2.34. The second kappa shape index (κ2) is 6.17. The number of rotatable bonds is 2. The molecule has 2 aliphatic rings. The SMILES string of the molecule is O=C(c1csc(-c2ccc3c(c2)OCO3)n1)N1CCCNCC1. The lowest BCUT2D eigenvalue weighted by Gasteiger charge is -2.18. The minimum atomic E-state index is 0.0111. The fraction of sp³-hybridized carbons (Fsp3) is 0.375. The van der Waals surface area contributed by atoms with E-state index < -0.39 is 0 Å². The molecular weight excluding hydrogens is 314 g/mol. The third-order valence-electron chi connectivity index (χ3n) is 3.97. The molecule has 1 aromatic heterocycles. The summed E-state index contributed by atoms with van der Waals surface area (Å²) in [6, 6.07) is 5.72. The zero-order valence-corrected chi connectivity index (χ0v) is 13.4. The van der Waals surface area contributed by atoms with Crippen molar-refractivity contribution in [2.45, 2.75) is 6.42 Å². The molecule has 1 N–H and O–H groups in total. The molecule has 0 atom stereocenters. The van der Waals surface area contributed by atoms with Gasteiger partial charge in [0.25, 0.3) is 5.91 Å². The Balaban J connectivity index is 1.55. The standard InChI is InChI=1S/C16H17N3O3S/c20-16(19-6-1-4-17-5-7-19)12-9-23-15(18-12)11-2-3-13-14(8-11)22-10-21-13/h2-3,8-9,17H,1,4-7,10H2. The van der Waals surface area contributed by atoms with Gasteiger partial charge in [0.2, 0.25) is 6.79 Å². The molecule has 0 spiro atoms. The molecule has 0 unspecified atom stereocenters. The van der Waals surface area contributed by atoms with Gasteiger partial charge in [-0.1, -0.05) is 0 Å². The van der Waals surface area contributed by atoms with Crippen LogP contribution in [0.15, 0.2) is 23.6 Å². The topological polar surface area (TPSA) is 63.7 Å². The quantitative estimate of drug-likeness (QED) is 0.911. The van der Waals surface area contributed by atoms with Crippen molar-refractivity contribution in [2.75, 3.05) is 33.0 Å². The van der Waals surface area contributed by atoms with Crippen LogP contribution >= 0.6 is 11.3 Å². The number of carbonyl (C=O) groups is 1. The largest absolute Gasteiger partial charge is 0.454 e. The summed E-state index contributed by atoms with van der Waals surface area (Å²) in [5.41, 5.74) is 1.46. The second-order valence-corrected chi connectivity index (χ2v) is 6.36. The summed E-state index contributed by atoms with van der Waals surface area (Å²) >= 11 is 1.48. The van der Waals surface area contributed by atoms with E-state index in [1.807, 2.05) is 28.5 Å². The third kappa shape index (κ3) is 2.89. The predicted octanol–water partition coefficient (Wildman–Crippen LogP) is 1.97. The van der Waals surface area contributed by atoms with E-state index >= 15 is 0 Å². The lowest BCUT2D eigenvalue weighted by atomic mass is 10.2. The van der Waals surface area contributed by atoms with Crippen LogP contribution in [0.5, 0.6) is 11.5 Å². The van der Waals surface area contributed by atoms with Gasteiger partial charge in [0.05, 0.1) is 0 Å². The molecule has 0 bridgehead atoms. The normalized spacial score (nSPS) is 17.1. The van der Waals surface area contributed by atoms with E-state index in [1.54, 1.807) is 0 Å². The first-order valence-corrected chi connectivity index (χ1v) is 8.55. The number of hydrogen-bond donors (Lipinski definition) is 1. The molecule has 2 aliphatic heterocycles. The molecule has 1 saturated heterocycles. The molecule has 120 valence electrons. The zero-order chi connectivity index (χ0) is 15.6. The molecular formula is C16H17N3O3S. The Morgan fingerprint density at radius 3 is 3.09 bits per heavy atom. The fourth-order valence-corrected chi connectivity index (χ4v) is 3.54. The van der Waals surface area contributed by atoms with E-state index in [0.717, 1.165) is 54.7 Å². The zero-order valence-electron chi connectivity index (χ0n) is 12.6. The molecule has 0 saturated carbocycles. The average Bonchev–Trinajstić information content (AvgIpc) is 3.16. The van der Waals surface area contributed by atoms with Crippen molar-refractivity contribution in [3.63, 3.8) is 0 Å². The van der Waals surface area contributed by atoms with Gasteiger partial charge in [0, 0.05) is 30.6 Å². The Kier molecular flexibility index (Phi) is 3.88. The first-order valence-electron chi connectivity index (χ1n) is 7.67. The summed E-state index contributed by atoms with van der Waals surface area (Å²) in [5.74, 6) is 1.49. The molecule has 6 nitrogen and oxygen atoms in total. The van der Waals surface area contributed by atoms with Gasteiger partial charge in [-0.25, -0.2) is 4.98 Å². The Labute approximate surface area is 138 Å². The lowest BCUT2D eigenvalue weighted by molar-refractivity contribution is 0.0761. The minimum absolute atomic E-state index is 0.0111. The monoisotopic (exact) mass is 331 g/mol. The Hall–Kier alpha value is -2.12. The van der Waals surface area contributed by atoms with E-state index in [1.165, 1.54) is 11.3 Å². The highest BCUT2D eigenvalue weighted by atomic mass is 32.1. The van der Waals surface area contributed by atoms with Gasteiger partial charge in [-0.3, -0.25) is 4.79 Å². The third-order valence-corrected chi connectivity index (χ3v) is 4.86. The summed E-state index contributed by atoms with van der Waals surface area (Å²) in [6.07, 6.45) is 0.977. The van der Waals surface area contributed by atoms with E-state index in [4.69, 9.17) is 9.47 Å². The van der Waals surface area contributed by atoms with E-state index in [2.05, 4.69) is 10.3 Å². The second-order valence-electron chi connectivity index (χ2n) is 5.50. The summed E-state index contributed by atoms with van der Waals surface area (Å²) in [4.78, 5) is 19.0. The summed E-state index contributed by atoms with van der Waals surface area (Å²) in [6.45, 7) is 3.57. The maximum atomic E-state index is 12.6. The molecule has 7 heteroatoms. The van der Waals surface area contributed by atoms with E-state index in [9.17, 15) is 4.79 Å². The van der Waals surface area contributed by atoms with Crippen molar-refractivity contribution < 1.29 is 14.3 Å². The summed E-state index contributed by atoms with van der Waals surface area (Å²) in [5, 5.41) is 5.95. The van der Waals surface area contributed by atoms with Crippen LogP contribution in [0.2, 0.25) is 0 Å². The molecule has 2 aromatic rings. The molecule has 1 fully saturated rings. The number of ether oxygens (including phenoxy) is 2. The molecule has 0 radical (unpaired) electrons. The number of thiazole rings is 1. The number of amides is 1. The molecule has 0 aliphatic carbocycles. The van der Waals surface area contributed by atoms with E-state index in [-0.39, 0.29) is 12.7 Å². The predicted molar refractivity (Wildman–Crippen MR) is 87.1 cm³/mol. The van der Waals surface area contributed by atoms with Crippen molar-refractivity contribution in [2.24, 2.45) is 0 Å². The number of nitrogens with one attached hydrogen (secondary N) is 1.